The van der Waals surface area contributed by atoms with Crippen LogP contribution in [0.5, 0.6) is 0 Å². The minimum Gasteiger partial charge on any atom is -0.392 e. The van der Waals surface area contributed by atoms with Crippen LogP contribution in [0.1, 0.15) is 39.5 Å². The zero-order valence-corrected chi connectivity index (χ0v) is 11.4. The van der Waals surface area contributed by atoms with Crippen LogP contribution in [0.2, 0.25) is 0 Å². The van der Waals surface area contributed by atoms with Crippen molar-refractivity contribution in [3.05, 3.63) is 0 Å². The summed E-state index contributed by atoms with van der Waals surface area (Å²) in [6.07, 6.45) is 5.59. The minimum absolute atomic E-state index is 0.196. The van der Waals surface area contributed by atoms with Crippen molar-refractivity contribution in [2.24, 2.45) is 5.92 Å². The van der Waals surface area contributed by atoms with Crippen molar-refractivity contribution in [2.45, 2.75) is 51.7 Å². The average molecular weight is 240 g/mol. The zero-order valence-electron chi connectivity index (χ0n) is 11.4. The molecule has 0 spiro atoms. The lowest BCUT2D eigenvalue weighted by molar-refractivity contribution is 0.0396. The van der Waals surface area contributed by atoms with E-state index in [2.05, 4.69) is 16.7 Å². The largest absolute Gasteiger partial charge is 0.392 e. The van der Waals surface area contributed by atoms with E-state index >= 15 is 0 Å². The molecule has 2 unspecified atom stereocenters. The lowest BCUT2D eigenvalue weighted by Crippen LogP contribution is -2.54. The van der Waals surface area contributed by atoms with E-state index in [0.717, 1.165) is 19.0 Å². The summed E-state index contributed by atoms with van der Waals surface area (Å²) < 4.78 is 0. The van der Waals surface area contributed by atoms with E-state index in [0.29, 0.717) is 6.04 Å². The highest BCUT2D eigenvalue weighted by Crippen LogP contribution is 2.26. The van der Waals surface area contributed by atoms with Crippen LogP contribution >= 0.6 is 0 Å². The summed E-state index contributed by atoms with van der Waals surface area (Å²) in [6, 6.07) is 0.597. The molecular formula is C14H28N2O. The fraction of sp³-hybridized carbons (Fsp3) is 1.00. The Morgan fingerprint density at radius 1 is 1.24 bits per heavy atom. The molecule has 2 fully saturated rings. The first kappa shape index (κ1) is 13.3. The molecule has 0 aromatic rings. The number of piperazine rings is 1. The number of nitrogens with zero attached hydrogens (tertiary/aromatic N) is 2. The molecule has 0 amide bonds. The van der Waals surface area contributed by atoms with E-state index in [1.54, 1.807) is 0 Å². The van der Waals surface area contributed by atoms with Crippen LogP contribution < -0.4 is 0 Å². The van der Waals surface area contributed by atoms with E-state index in [1.165, 1.54) is 45.3 Å². The second kappa shape index (κ2) is 6.17. The summed E-state index contributed by atoms with van der Waals surface area (Å²) in [5.74, 6) is 0.963. The summed E-state index contributed by atoms with van der Waals surface area (Å²) in [5, 5.41) is 9.46. The van der Waals surface area contributed by atoms with Gasteiger partial charge in [0.2, 0.25) is 0 Å². The van der Waals surface area contributed by atoms with Crippen molar-refractivity contribution in [3.8, 4) is 0 Å². The van der Waals surface area contributed by atoms with Crippen LogP contribution in [0.3, 0.4) is 0 Å². The normalized spacial score (nSPS) is 30.9. The lowest BCUT2D eigenvalue weighted by atomic mass is 10.1. The number of hydrogen-bond acceptors (Lipinski definition) is 3. The third-order valence-corrected chi connectivity index (χ3v) is 4.34. The van der Waals surface area contributed by atoms with Gasteiger partial charge in [0.15, 0.2) is 0 Å². The number of β-amino-alcohol motifs (C(OH)–C–C–N with tert-alkyl or cyclic N) is 1. The SMILES string of the molecule is CC(O)CN1CCN(CC2CCCC2)CC1C. The lowest BCUT2D eigenvalue weighted by Gasteiger charge is -2.41. The molecule has 3 heteroatoms. The van der Waals surface area contributed by atoms with E-state index < -0.39 is 0 Å². The highest BCUT2D eigenvalue weighted by Gasteiger charge is 2.26. The van der Waals surface area contributed by atoms with Gasteiger partial charge in [0, 0.05) is 38.8 Å². The Balaban J connectivity index is 1.74. The van der Waals surface area contributed by atoms with E-state index in [-0.39, 0.29) is 6.10 Å². The van der Waals surface area contributed by atoms with Crippen molar-refractivity contribution in [3.63, 3.8) is 0 Å². The molecule has 0 aromatic carbocycles. The van der Waals surface area contributed by atoms with Gasteiger partial charge in [-0.1, -0.05) is 12.8 Å². The van der Waals surface area contributed by atoms with Gasteiger partial charge in [-0.3, -0.25) is 4.90 Å². The summed E-state index contributed by atoms with van der Waals surface area (Å²) >= 11 is 0. The Labute approximate surface area is 106 Å². The van der Waals surface area contributed by atoms with Gasteiger partial charge in [0.05, 0.1) is 6.10 Å². The molecule has 1 aliphatic carbocycles. The maximum Gasteiger partial charge on any atom is 0.0639 e. The predicted octanol–water partition coefficient (Wildman–Crippen LogP) is 1.56. The van der Waals surface area contributed by atoms with Crippen LogP contribution in [-0.2, 0) is 0 Å². The summed E-state index contributed by atoms with van der Waals surface area (Å²) in [5.41, 5.74) is 0. The van der Waals surface area contributed by atoms with Crippen LogP contribution in [0.25, 0.3) is 0 Å². The number of rotatable bonds is 4. The standard InChI is InChI=1S/C14H28N2O/c1-12-9-15(11-14-5-3-4-6-14)7-8-16(12)10-13(2)17/h12-14,17H,3-11H2,1-2H3. The van der Waals surface area contributed by atoms with Crippen LogP contribution in [-0.4, -0.2) is 59.8 Å². The predicted molar refractivity (Wildman–Crippen MR) is 71.1 cm³/mol. The van der Waals surface area contributed by atoms with Crippen molar-refractivity contribution in [1.82, 2.24) is 9.80 Å². The van der Waals surface area contributed by atoms with E-state index in [9.17, 15) is 5.11 Å². The molecule has 2 rings (SSSR count). The Morgan fingerprint density at radius 2 is 1.94 bits per heavy atom. The molecule has 0 radical (unpaired) electrons. The first-order valence-corrected chi connectivity index (χ1v) is 7.29. The molecule has 1 heterocycles. The summed E-state index contributed by atoms with van der Waals surface area (Å²) in [7, 11) is 0. The first-order chi connectivity index (χ1) is 8.15. The first-order valence-electron chi connectivity index (χ1n) is 7.29. The van der Waals surface area contributed by atoms with Crippen molar-refractivity contribution in [1.29, 1.82) is 0 Å². The van der Waals surface area contributed by atoms with Crippen LogP contribution in [0.15, 0.2) is 0 Å². The molecule has 1 saturated carbocycles. The summed E-state index contributed by atoms with van der Waals surface area (Å²) in [6.45, 7) is 9.82. The summed E-state index contributed by atoms with van der Waals surface area (Å²) in [4.78, 5) is 5.06. The molecule has 0 aromatic heterocycles. The highest BCUT2D eigenvalue weighted by molar-refractivity contribution is 4.82. The third-order valence-electron chi connectivity index (χ3n) is 4.34. The second-order valence-electron chi connectivity index (χ2n) is 6.10. The number of aliphatic hydroxyl groups is 1. The molecule has 17 heavy (non-hydrogen) atoms. The van der Waals surface area contributed by atoms with Crippen molar-refractivity contribution < 1.29 is 5.11 Å². The monoisotopic (exact) mass is 240 g/mol. The van der Waals surface area contributed by atoms with E-state index in [1.807, 2.05) is 6.92 Å². The molecule has 3 nitrogen and oxygen atoms in total. The second-order valence-corrected chi connectivity index (χ2v) is 6.10. The van der Waals surface area contributed by atoms with Gasteiger partial charge in [-0.15, -0.1) is 0 Å². The third kappa shape index (κ3) is 3.94. The van der Waals surface area contributed by atoms with Crippen molar-refractivity contribution >= 4 is 0 Å². The Bertz CT molecular complexity index is 226. The smallest absolute Gasteiger partial charge is 0.0639 e. The van der Waals surface area contributed by atoms with Crippen molar-refractivity contribution in [2.75, 3.05) is 32.7 Å². The zero-order chi connectivity index (χ0) is 12.3. The van der Waals surface area contributed by atoms with Gasteiger partial charge in [0.25, 0.3) is 0 Å². The topological polar surface area (TPSA) is 26.7 Å². The quantitative estimate of drug-likeness (QED) is 0.808. The molecule has 1 N–H and O–H groups in total. The molecule has 1 aliphatic heterocycles. The number of aliphatic hydroxyl groups excluding tert-OH is 1. The molecule has 2 atom stereocenters. The van der Waals surface area contributed by atoms with Gasteiger partial charge < -0.3 is 10.0 Å². The molecular weight excluding hydrogens is 212 g/mol. The minimum atomic E-state index is -0.196. The van der Waals surface area contributed by atoms with Gasteiger partial charge in [-0.25, -0.2) is 0 Å². The molecule has 2 aliphatic rings. The Hall–Kier alpha value is -0.120. The van der Waals surface area contributed by atoms with Gasteiger partial charge >= 0.3 is 0 Å². The van der Waals surface area contributed by atoms with Gasteiger partial charge in [0.1, 0.15) is 0 Å². The molecule has 100 valence electrons. The van der Waals surface area contributed by atoms with Gasteiger partial charge in [-0.2, -0.15) is 0 Å². The van der Waals surface area contributed by atoms with Crippen LogP contribution in [0.4, 0.5) is 0 Å². The van der Waals surface area contributed by atoms with E-state index in [4.69, 9.17) is 0 Å². The number of hydrogen-bond donors (Lipinski definition) is 1. The van der Waals surface area contributed by atoms with Crippen LogP contribution in [0, 0.1) is 5.92 Å². The van der Waals surface area contributed by atoms with Gasteiger partial charge in [-0.05, 0) is 32.6 Å². The highest BCUT2D eigenvalue weighted by atomic mass is 16.3. The molecule has 0 bridgehead atoms. The average Bonchev–Trinajstić information content (AvgIpc) is 2.74. The maximum absolute atomic E-state index is 9.46. The maximum atomic E-state index is 9.46. The Morgan fingerprint density at radius 3 is 2.53 bits per heavy atom. The Kier molecular flexibility index (Phi) is 4.83. The molecule has 1 saturated heterocycles. The fourth-order valence-corrected chi connectivity index (χ4v) is 3.41. The fourth-order valence-electron chi connectivity index (χ4n) is 3.41.